The minimum absolute atomic E-state index is 0.201. The summed E-state index contributed by atoms with van der Waals surface area (Å²) >= 11 is 0. The van der Waals surface area contributed by atoms with Gasteiger partial charge >= 0.3 is 0 Å². The van der Waals surface area contributed by atoms with Gasteiger partial charge in [-0.2, -0.15) is 0 Å². The smallest absolute Gasteiger partial charge is 0.131 e. The topological polar surface area (TPSA) is 29.5 Å². The van der Waals surface area contributed by atoms with Crippen LogP contribution in [0.25, 0.3) is 5.57 Å². The Kier molecular flexibility index (Phi) is 4.44. The normalized spacial score (nSPS) is 25.1. The zero-order valence-electron chi connectivity index (χ0n) is 15.0. The summed E-state index contributed by atoms with van der Waals surface area (Å²) in [4.78, 5) is 0. The lowest BCUT2D eigenvalue weighted by Crippen LogP contribution is -2.42. The molecular formula is C21H30O2. The zero-order valence-corrected chi connectivity index (χ0v) is 15.0. The molecule has 2 nitrogen and oxygen atoms in total. The van der Waals surface area contributed by atoms with Crippen LogP contribution in [0.1, 0.15) is 70.9 Å². The van der Waals surface area contributed by atoms with E-state index >= 15 is 0 Å². The molecule has 0 aromatic heterocycles. The summed E-state index contributed by atoms with van der Waals surface area (Å²) in [6, 6.07) is 4.11. The third-order valence-electron chi connectivity index (χ3n) is 5.46. The molecule has 0 unspecified atom stereocenters. The van der Waals surface area contributed by atoms with E-state index in [1.165, 1.54) is 36.8 Å². The number of hydrogen-bond acceptors (Lipinski definition) is 2. The molecule has 0 spiro atoms. The van der Waals surface area contributed by atoms with E-state index in [-0.39, 0.29) is 5.60 Å². The van der Waals surface area contributed by atoms with Crippen molar-refractivity contribution in [1.82, 2.24) is 0 Å². The Morgan fingerprint density at radius 3 is 2.74 bits per heavy atom. The van der Waals surface area contributed by atoms with Crippen LogP contribution in [-0.2, 0) is 6.42 Å². The number of phenols is 1. The molecule has 0 saturated heterocycles. The molecule has 0 radical (unpaired) electrons. The quantitative estimate of drug-likeness (QED) is 0.720. The van der Waals surface area contributed by atoms with Crippen molar-refractivity contribution in [2.75, 3.05) is 0 Å². The van der Waals surface area contributed by atoms with Crippen LogP contribution in [0.15, 0.2) is 18.2 Å². The van der Waals surface area contributed by atoms with Gasteiger partial charge in [-0.3, -0.25) is 0 Å². The van der Waals surface area contributed by atoms with Gasteiger partial charge in [0.2, 0.25) is 0 Å². The van der Waals surface area contributed by atoms with Gasteiger partial charge in [0.05, 0.1) is 5.56 Å². The van der Waals surface area contributed by atoms with Gasteiger partial charge in [-0.05, 0) is 68.7 Å². The highest BCUT2D eigenvalue weighted by atomic mass is 16.5. The molecule has 126 valence electrons. The fourth-order valence-corrected chi connectivity index (χ4v) is 4.18. The number of aromatic hydroxyl groups is 1. The highest BCUT2D eigenvalue weighted by Crippen LogP contribution is 2.52. The summed E-state index contributed by atoms with van der Waals surface area (Å²) in [5.41, 5.74) is 3.23. The van der Waals surface area contributed by atoms with Gasteiger partial charge in [0.1, 0.15) is 17.1 Å². The maximum absolute atomic E-state index is 10.7. The molecule has 1 N–H and O–H groups in total. The number of fused-ring (bicyclic) bond motifs is 3. The lowest BCUT2D eigenvalue weighted by molar-refractivity contribution is 0.0510. The summed E-state index contributed by atoms with van der Waals surface area (Å²) in [5.74, 6) is 2.22. The van der Waals surface area contributed by atoms with Crippen LogP contribution < -0.4 is 4.74 Å². The van der Waals surface area contributed by atoms with Crippen LogP contribution in [0.3, 0.4) is 0 Å². The number of phenolic OH excluding ortho intramolecular Hbond substituents is 1. The van der Waals surface area contributed by atoms with Crippen LogP contribution in [0.5, 0.6) is 11.5 Å². The van der Waals surface area contributed by atoms with E-state index in [1.807, 2.05) is 6.07 Å². The number of allylic oxidation sites excluding steroid dienone is 1. The Labute approximate surface area is 140 Å². The van der Waals surface area contributed by atoms with Gasteiger partial charge < -0.3 is 9.84 Å². The third kappa shape index (κ3) is 3.13. The predicted molar refractivity (Wildman–Crippen MR) is 95.9 cm³/mol. The molecule has 2 heteroatoms. The largest absolute Gasteiger partial charge is 0.507 e. The Hall–Kier alpha value is -1.44. The first-order valence-electron chi connectivity index (χ1n) is 9.19. The van der Waals surface area contributed by atoms with Gasteiger partial charge in [-0.1, -0.05) is 32.8 Å². The first-order valence-corrected chi connectivity index (χ1v) is 9.19. The van der Waals surface area contributed by atoms with Crippen molar-refractivity contribution in [3.63, 3.8) is 0 Å². The fraction of sp³-hybridized carbons (Fsp3) is 0.619. The van der Waals surface area contributed by atoms with Crippen LogP contribution in [0.2, 0.25) is 0 Å². The highest BCUT2D eigenvalue weighted by molar-refractivity contribution is 5.80. The zero-order chi connectivity index (χ0) is 16.6. The van der Waals surface area contributed by atoms with E-state index < -0.39 is 0 Å². The van der Waals surface area contributed by atoms with Crippen molar-refractivity contribution in [1.29, 1.82) is 0 Å². The molecule has 0 amide bonds. The second kappa shape index (κ2) is 6.22. The molecule has 23 heavy (non-hydrogen) atoms. The van der Waals surface area contributed by atoms with Crippen molar-refractivity contribution in [2.24, 2.45) is 11.8 Å². The average molecular weight is 314 g/mol. The van der Waals surface area contributed by atoms with Crippen molar-refractivity contribution in [2.45, 2.75) is 71.8 Å². The molecule has 1 aromatic carbocycles. The third-order valence-corrected chi connectivity index (χ3v) is 5.46. The fourth-order valence-electron chi connectivity index (χ4n) is 4.18. The summed E-state index contributed by atoms with van der Waals surface area (Å²) in [6.45, 7) is 8.85. The summed E-state index contributed by atoms with van der Waals surface area (Å²) in [6.07, 6.45) is 9.32. The second-order valence-electron chi connectivity index (χ2n) is 7.88. The molecule has 0 saturated carbocycles. The first kappa shape index (κ1) is 16.4. The number of aryl methyl sites for hydroxylation is 1. The summed E-state index contributed by atoms with van der Waals surface area (Å²) < 4.78 is 6.35. The molecule has 1 aliphatic heterocycles. The minimum Gasteiger partial charge on any atom is -0.507 e. The van der Waals surface area contributed by atoms with Gasteiger partial charge in [0.15, 0.2) is 0 Å². The average Bonchev–Trinajstić information content (AvgIpc) is 2.46. The molecule has 2 atom stereocenters. The maximum atomic E-state index is 10.7. The minimum atomic E-state index is -0.201. The predicted octanol–water partition coefficient (Wildman–Crippen LogP) is 5.73. The standard InChI is InChI=1S/C21H30O2/c1-5-6-7-8-15-12-18(22)20-16-11-14(2)9-10-17(16)21(3,4)23-19(20)13-15/h11-14,17,22H,5-10H2,1-4H3/t14-,17+/m1/s1. The lowest BCUT2D eigenvalue weighted by atomic mass is 9.70. The molecule has 0 bridgehead atoms. The molecule has 1 aliphatic carbocycles. The van der Waals surface area contributed by atoms with Crippen molar-refractivity contribution in [3.05, 3.63) is 29.3 Å². The Morgan fingerprint density at radius 2 is 2.00 bits per heavy atom. The number of hydrogen-bond donors (Lipinski definition) is 1. The Balaban J connectivity index is 2.01. The Morgan fingerprint density at radius 1 is 1.22 bits per heavy atom. The highest BCUT2D eigenvalue weighted by Gasteiger charge is 2.43. The van der Waals surface area contributed by atoms with Crippen molar-refractivity contribution < 1.29 is 9.84 Å². The molecule has 1 aromatic rings. The molecule has 1 heterocycles. The number of ether oxygens (including phenoxy) is 1. The van der Waals surface area contributed by atoms with E-state index in [1.54, 1.807) is 0 Å². The van der Waals surface area contributed by atoms with Gasteiger partial charge in [0.25, 0.3) is 0 Å². The van der Waals surface area contributed by atoms with Crippen LogP contribution >= 0.6 is 0 Å². The number of rotatable bonds is 4. The summed E-state index contributed by atoms with van der Waals surface area (Å²) in [5, 5.41) is 10.7. The molecular weight excluding hydrogens is 284 g/mol. The second-order valence-corrected chi connectivity index (χ2v) is 7.88. The van der Waals surface area contributed by atoms with Crippen LogP contribution in [0, 0.1) is 11.8 Å². The van der Waals surface area contributed by atoms with Crippen LogP contribution in [0.4, 0.5) is 0 Å². The van der Waals surface area contributed by atoms with Gasteiger partial charge in [-0.25, -0.2) is 0 Å². The van der Waals surface area contributed by atoms with E-state index in [9.17, 15) is 5.11 Å². The van der Waals surface area contributed by atoms with E-state index in [2.05, 4.69) is 39.8 Å². The first-order chi connectivity index (χ1) is 10.9. The van der Waals surface area contributed by atoms with Crippen molar-refractivity contribution in [3.8, 4) is 11.5 Å². The number of unbranched alkanes of at least 4 members (excludes halogenated alkanes) is 2. The Bertz CT molecular complexity index is 613. The van der Waals surface area contributed by atoms with E-state index in [4.69, 9.17) is 4.74 Å². The van der Waals surface area contributed by atoms with Crippen LogP contribution in [-0.4, -0.2) is 10.7 Å². The lowest BCUT2D eigenvalue weighted by Gasteiger charge is -2.44. The maximum Gasteiger partial charge on any atom is 0.131 e. The SMILES string of the molecule is CCCCCc1cc(O)c2c(c1)OC(C)(C)[C@H]1CC[C@@H](C)C=C21. The van der Waals surface area contributed by atoms with Crippen molar-refractivity contribution >= 4 is 5.57 Å². The van der Waals surface area contributed by atoms with E-state index in [0.717, 1.165) is 24.2 Å². The molecule has 0 fully saturated rings. The molecule has 2 aliphatic rings. The molecule has 3 rings (SSSR count). The van der Waals surface area contributed by atoms with Gasteiger partial charge in [-0.15, -0.1) is 0 Å². The number of benzene rings is 1. The van der Waals surface area contributed by atoms with Gasteiger partial charge in [0, 0.05) is 5.92 Å². The summed E-state index contributed by atoms with van der Waals surface area (Å²) in [7, 11) is 0. The van der Waals surface area contributed by atoms with E-state index in [0.29, 0.717) is 17.6 Å². The monoisotopic (exact) mass is 314 g/mol.